The number of nitrogens with zero attached hydrogens (tertiary/aromatic N) is 7. The van der Waals surface area contributed by atoms with E-state index in [-0.39, 0.29) is 10.5 Å². The summed E-state index contributed by atoms with van der Waals surface area (Å²) in [6.45, 7) is 4.29. The fourth-order valence-electron chi connectivity index (χ4n) is 4.77. The van der Waals surface area contributed by atoms with E-state index in [0.717, 1.165) is 11.1 Å². The third-order valence-electron chi connectivity index (χ3n) is 6.67. The van der Waals surface area contributed by atoms with E-state index < -0.39 is 10.0 Å². The van der Waals surface area contributed by atoms with Gasteiger partial charge in [0.25, 0.3) is 5.56 Å². The van der Waals surface area contributed by atoms with Crippen LogP contribution in [0.5, 0.6) is 0 Å². The van der Waals surface area contributed by atoms with Gasteiger partial charge in [0.2, 0.25) is 15.8 Å². The first kappa shape index (κ1) is 21.9. The number of fused-ring (bicyclic) bond motifs is 4. The van der Waals surface area contributed by atoms with Crippen LogP contribution in [-0.4, -0.2) is 72.9 Å². The summed E-state index contributed by atoms with van der Waals surface area (Å²) in [5, 5.41) is 9.85. The SMILES string of the molecule is Cc1ccc2c(c1)c(=O)n(C)c1nnc(CN3CCN(S(=O)(=O)c4c[nH]c5ncccc45)CC3)n21. The second-order valence-corrected chi connectivity index (χ2v) is 10.8. The van der Waals surface area contributed by atoms with Crippen LogP contribution < -0.4 is 5.56 Å². The van der Waals surface area contributed by atoms with E-state index in [1.807, 2.05) is 29.5 Å². The third-order valence-corrected chi connectivity index (χ3v) is 8.61. The molecule has 0 spiro atoms. The highest BCUT2D eigenvalue weighted by atomic mass is 32.2. The standard InChI is InChI=1S/C23H24N8O3S/c1-15-5-6-18-17(12-15)22(32)28(2)23-27-26-20(31(18)23)14-29-8-10-30(11-9-29)35(33,34)19-13-25-21-16(19)4-3-7-24-21/h3-7,12-13H,8-11,14H2,1-2H3,(H,24,25). The molecule has 6 rings (SSSR count). The normalized spacial score (nSPS) is 16.1. The van der Waals surface area contributed by atoms with Gasteiger partial charge in [-0.2, -0.15) is 4.31 Å². The van der Waals surface area contributed by atoms with Crippen LogP contribution in [0.3, 0.4) is 0 Å². The maximum atomic E-state index is 13.3. The van der Waals surface area contributed by atoms with Gasteiger partial charge in [0.1, 0.15) is 10.5 Å². The minimum Gasteiger partial charge on any atom is -0.345 e. The summed E-state index contributed by atoms with van der Waals surface area (Å²) in [4.78, 5) is 22.4. The molecule has 4 aromatic heterocycles. The molecule has 0 aliphatic carbocycles. The van der Waals surface area contributed by atoms with Crippen molar-refractivity contribution in [1.82, 2.24) is 38.3 Å². The van der Waals surface area contributed by atoms with Crippen molar-refractivity contribution in [1.29, 1.82) is 0 Å². The summed E-state index contributed by atoms with van der Waals surface area (Å²) in [5.74, 6) is 1.19. The van der Waals surface area contributed by atoms with E-state index in [0.29, 0.717) is 60.7 Å². The van der Waals surface area contributed by atoms with Gasteiger partial charge >= 0.3 is 0 Å². The lowest BCUT2D eigenvalue weighted by Crippen LogP contribution is -2.48. The Bertz CT molecular complexity index is 1760. The molecule has 0 amide bonds. The summed E-state index contributed by atoms with van der Waals surface area (Å²) in [7, 11) is -1.95. The molecular formula is C23H24N8O3S. The maximum absolute atomic E-state index is 13.3. The number of aromatic nitrogens is 6. The van der Waals surface area contributed by atoms with Crippen molar-refractivity contribution in [3.05, 3.63) is 64.5 Å². The highest BCUT2D eigenvalue weighted by Gasteiger charge is 2.31. The average molecular weight is 493 g/mol. The van der Waals surface area contributed by atoms with Crippen LogP contribution in [0, 0.1) is 6.92 Å². The number of aryl methyl sites for hydroxylation is 2. The molecule has 1 N–H and O–H groups in total. The molecular weight excluding hydrogens is 468 g/mol. The zero-order valence-corrected chi connectivity index (χ0v) is 20.2. The van der Waals surface area contributed by atoms with Crippen LogP contribution in [0.4, 0.5) is 0 Å². The number of rotatable bonds is 4. The number of sulfonamides is 1. The molecule has 0 radical (unpaired) electrons. The number of hydrogen-bond donors (Lipinski definition) is 1. The van der Waals surface area contributed by atoms with Crippen molar-refractivity contribution in [2.45, 2.75) is 18.4 Å². The number of pyridine rings is 1. The van der Waals surface area contributed by atoms with Crippen molar-refractivity contribution in [3.8, 4) is 0 Å². The highest BCUT2D eigenvalue weighted by molar-refractivity contribution is 7.89. The van der Waals surface area contributed by atoms with Gasteiger partial charge in [0.15, 0.2) is 5.82 Å². The molecule has 12 heteroatoms. The molecule has 1 saturated heterocycles. The summed E-state index contributed by atoms with van der Waals surface area (Å²) in [6, 6.07) is 9.26. The number of aromatic amines is 1. The van der Waals surface area contributed by atoms with Crippen molar-refractivity contribution in [3.63, 3.8) is 0 Å². The van der Waals surface area contributed by atoms with Crippen LogP contribution in [0.15, 0.2) is 52.4 Å². The third kappa shape index (κ3) is 3.44. The summed E-state index contributed by atoms with van der Waals surface area (Å²) >= 11 is 0. The first-order valence-corrected chi connectivity index (χ1v) is 12.8. The van der Waals surface area contributed by atoms with Crippen molar-refractivity contribution < 1.29 is 8.42 Å². The first-order chi connectivity index (χ1) is 16.8. The second kappa shape index (κ2) is 7.97. The smallest absolute Gasteiger partial charge is 0.262 e. The quantitative estimate of drug-likeness (QED) is 0.401. The minimum absolute atomic E-state index is 0.110. The van der Waals surface area contributed by atoms with Crippen LogP contribution in [-0.2, 0) is 23.6 Å². The van der Waals surface area contributed by atoms with E-state index in [4.69, 9.17) is 0 Å². The zero-order chi connectivity index (χ0) is 24.3. The second-order valence-electron chi connectivity index (χ2n) is 8.87. The minimum atomic E-state index is -3.64. The molecule has 1 aliphatic rings. The van der Waals surface area contributed by atoms with Gasteiger partial charge in [0, 0.05) is 51.0 Å². The fourth-order valence-corrected chi connectivity index (χ4v) is 6.35. The van der Waals surface area contributed by atoms with Crippen LogP contribution >= 0.6 is 0 Å². The largest absolute Gasteiger partial charge is 0.345 e. The first-order valence-electron chi connectivity index (χ1n) is 11.3. The lowest BCUT2D eigenvalue weighted by atomic mass is 10.1. The van der Waals surface area contributed by atoms with Crippen molar-refractivity contribution in [2.24, 2.45) is 7.05 Å². The van der Waals surface area contributed by atoms with E-state index in [9.17, 15) is 13.2 Å². The van der Waals surface area contributed by atoms with E-state index >= 15 is 0 Å². The molecule has 0 unspecified atom stereocenters. The van der Waals surface area contributed by atoms with Gasteiger partial charge in [-0.15, -0.1) is 10.2 Å². The summed E-state index contributed by atoms with van der Waals surface area (Å²) in [5.41, 5.74) is 2.22. The van der Waals surface area contributed by atoms with Gasteiger partial charge < -0.3 is 4.98 Å². The number of H-pyrrole nitrogens is 1. The maximum Gasteiger partial charge on any atom is 0.262 e. The summed E-state index contributed by atoms with van der Waals surface area (Å²) in [6.07, 6.45) is 3.14. The molecule has 35 heavy (non-hydrogen) atoms. The number of hydrogen-bond acceptors (Lipinski definition) is 7. The Balaban J connectivity index is 1.26. The molecule has 0 bridgehead atoms. The lowest BCUT2D eigenvalue weighted by molar-refractivity contribution is 0.178. The van der Waals surface area contributed by atoms with Crippen LogP contribution in [0.25, 0.3) is 27.7 Å². The molecule has 0 atom stereocenters. The number of benzene rings is 1. The Hall–Kier alpha value is -3.61. The van der Waals surface area contributed by atoms with Crippen molar-refractivity contribution >= 4 is 37.7 Å². The predicted octanol–water partition coefficient (Wildman–Crippen LogP) is 1.27. The molecule has 1 aliphatic heterocycles. The molecule has 11 nitrogen and oxygen atoms in total. The van der Waals surface area contributed by atoms with Gasteiger partial charge in [0.05, 0.1) is 17.4 Å². The zero-order valence-electron chi connectivity index (χ0n) is 19.3. The molecule has 5 heterocycles. The Morgan fingerprint density at radius 2 is 1.86 bits per heavy atom. The van der Waals surface area contributed by atoms with Gasteiger partial charge in [-0.3, -0.25) is 18.7 Å². The monoisotopic (exact) mass is 492 g/mol. The molecule has 5 aromatic rings. The Kier molecular flexibility index (Phi) is 4.99. The van der Waals surface area contributed by atoms with Crippen LogP contribution in [0.1, 0.15) is 11.4 Å². The Morgan fingerprint density at radius 1 is 1.06 bits per heavy atom. The number of nitrogens with one attached hydrogen (secondary N) is 1. The lowest BCUT2D eigenvalue weighted by Gasteiger charge is -2.33. The molecule has 0 saturated carbocycles. The molecule has 1 aromatic carbocycles. The fraction of sp³-hybridized carbons (Fsp3) is 0.304. The summed E-state index contributed by atoms with van der Waals surface area (Å²) < 4.78 is 31.6. The van der Waals surface area contributed by atoms with Crippen LogP contribution in [0.2, 0.25) is 0 Å². The van der Waals surface area contributed by atoms with E-state index in [2.05, 4.69) is 25.1 Å². The Labute approximate surface area is 200 Å². The molecule has 180 valence electrons. The van der Waals surface area contributed by atoms with E-state index in [1.54, 1.807) is 25.4 Å². The topological polar surface area (TPSA) is 121 Å². The Morgan fingerprint density at radius 3 is 2.66 bits per heavy atom. The van der Waals surface area contributed by atoms with Gasteiger partial charge in [-0.1, -0.05) is 11.6 Å². The number of piperazine rings is 1. The van der Waals surface area contributed by atoms with Gasteiger partial charge in [-0.05, 0) is 31.2 Å². The van der Waals surface area contributed by atoms with Crippen molar-refractivity contribution in [2.75, 3.05) is 26.2 Å². The van der Waals surface area contributed by atoms with E-state index in [1.165, 1.54) is 15.1 Å². The predicted molar refractivity (Wildman–Crippen MR) is 131 cm³/mol. The highest BCUT2D eigenvalue weighted by Crippen LogP contribution is 2.25. The molecule has 1 fully saturated rings. The van der Waals surface area contributed by atoms with Gasteiger partial charge in [-0.25, -0.2) is 13.4 Å². The average Bonchev–Trinajstić information content (AvgIpc) is 3.48.